The second-order valence-electron chi connectivity index (χ2n) is 5.37. The van der Waals surface area contributed by atoms with Crippen LogP contribution in [0.4, 0.5) is 5.69 Å². The third-order valence-electron chi connectivity index (χ3n) is 3.59. The zero-order valence-electron chi connectivity index (χ0n) is 12.3. The summed E-state index contributed by atoms with van der Waals surface area (Å²) < 4.78 is 5.15. The van der Waals surface area contributed by atoms with E-state index in [0.717, 1.165) is 24.5 Å². The Morgan fingerprint density at radius 2 is 2.30 bits per heavy atom. The highest BCUT2D eigenvalue weighted by molar-refractivity contribution is 5.92. The lowest BCUT2D eigenvalue weighted by atomic mass is 10.1. The van der Waals surface area contributed by atoms with Gasteiger partial charge in [0.2, 0.25) is 5.91 Å². The zero-order valence-corrected chi connectivity index (χ0v) is 12.3. The first-order chi connectivity index (χ1) is 9.58. The molecule has 2 atom stereocenters. The van der Waals surface area contributed by atoms with Gasteiger partial charge in [0.1, 0.15) is 5.75 Å². The average molecular weight is 277 g/mol. The van der Waals surface area contributed by atoms with Gasteiger partial charge in [-0.1, -0.05) is 6.07 Å². The van der Waals surface area contributed by atoms with E-state index in [1.54, 1.807) is 7.11 Å². The first-order valence-corrected chi connectivity index (χ1v) is 7.00. The fourth-order valence-electron chi connectivity index (χ4n) is 2.40. The Balaban J connectivity index is 1.91. The molecule has 5 heteroatoms. The zero-order chi connectivity index (χ0) is 14.5. The third kappa shape index (κ3) is 3.95. The first-order valence-electron chi connectivity index (χ1n) is 7.00. The van der Waals surface area contributed by atoms with Crippen LogP contribution in [0.2, 0.25) is 0 Å². The number of hydrogen-bond donors (Lipinski definition) is 2. The molecule has 5 nitrogen and oxygen atoms in total. The van der Waals surface area contributed by atoms with Gasteiger partial charge >= 0.3 is 0 Å². The summed E-state index contributed by atoms with van der Waals surface area (Å²) in [7, 11) is 1.62. The lowest BCUT2D eigenvalue weighted by Crippen LogP contribution is -2.55. The summed E-state index contributed by atoms with van der Waals surface area (Å²) in [6.07, 6.45) is 0. The van der Waals surface area contributed by atoms with Crippen molar-refractivity contribution in [2.75, 3.05) is 32.1 Å². The molecule has 0 aliphatic carbocycles. The number of nitrogens with one attached hydrogen (secondary N) is 2. The summed E-state index contributed by atoms with van der Waals surface area (Å²) in [5, 5.41) is 6.33. The maximum absolute atomic E-state index is 12.1. The molecule has 20 heavy (non-hydrogen) atoms. The van der Waals surface area contributed by atoms with Crippen molar-refractivity contribution < 1.29 is 9.53 Å². The van der Waals surface area contributed by atoms with Crippen molar-refractivity contribution >= 4 is 11.6 Å². The number of carbonyl (C=O) groups is 1. The fraction of sp³-hybridized carbons (Fsp3) is 0.533. The van der Waals surface area contributed by atoms with Crippen molar-refractivity contribution in [1.29, 1.82) is 0 Å². The molecule has 1 aliphatic heterocycles. The van der Waals surface area contributed by atoms with E-state index in [1.165, 1.54) is 0 Å². The Bertz CT molecular complexity index is 464. The molecule has 110 valence electrons. The van der Waals surface area contributed by atoms with Crippen LogP contribution in [0.5, 0.6) is 5.75 Å². The maximum Gasteiger partial charge on any atom is 0.238 e. The number of ether oxygens (including phenoxy) is 1. The number of piperazine rings is 1. The van der Waals surface area contributed by atoms with Crippen molar-refractivity contribution in [2.45, 2.75) is 25.9 Å². The number of hydrogen-bond acceptors (Lipinski definition) is 4. The molecule has 0 saturated carbocycles. The maximum atomic E-state index is 12.1. The topological polar surface area (TPSA) is 53.6 Å². The number of nitrogens with zero attached hydrogens (tertiary/aromatic N) is 1. The van der Waals surface area contributed by atoms with E-state index < -0.39 is 0 Å². The molecule has 1 aliphatic rings. The van der Waals surface area contributed by atoms with E-state index in [9.17, 15) is 4.79 Å². The monoisotopic (exact) mass is 277 g/mol. The van der Waals surface area contributed by atoms with Crippen LogP contribution in [-0.4, -0.2) is 49.6 Å². The van der Waals surface area contributed by atoms with Gasteiger partial charge in [0.05, 0.1) is 13.7 Å². The van der Waals surface area contributed by atoms with Crippen molar-refractivity contribution in [3.63, 3.8) is 0 Å². The van der Waals surface area contributed by atoms with E-state index in [0.29, 0.717) is 18.6 Å². The molecule has 0 spiro atoms. The quantitative estimate of drug-likeness (QED) is 0.871. The normalized spacial score (nSPS) is 23.4. The van der Waals surface area contributed by atoms with Gasteiger partial charge in [-0.15, -0.1) is 0 Å². The fourth-order valence-corrected chi connectivity index (χ4v) is 2.40. The molecule has 1 aromatic rings. The second-order valence-corrected chi connectivity index (χ2v) is 5.37. The molecular formula is C15H23N3O2. The highest BCUT2D eigenvalue weighted by Crippen LogP contribution is 2.16. The van der Waals surface area contributed by atoms with Crippen LogP contribution in [0.1, 0.15) is 13.8 Å². The van der Waals surface area contributed by atoms with Crippen molar-refractivity contribution in [1.82, 2.24) is 10.2 Å². The van der Waals surface area contributed by atoms with Crippen LogP contribution in [0, 0.1) is 0 Å². The van der Waals surface area contributed by atoms with Gasteiger partial charge in [0, 0.05) is 36.9 Å². The molecule has 2 N–H and O–H groups in total. The predicted molar refractivity (Wildman–Crippen MR) is 80.1 cm³/mol. The number of methoxy groups -OCH3 is 1. The molecular weight excluding hydrogens is 254 g/mol. The molecule has 1 amide bonds. The van der Waals surface area contributed by atoms with Gasteiger partial charge in [-0.05, 0) is 26.0 Å². The minimum atomic E-state index is 0.0132. The highest BCUT2D eigenvalue weighted by Gasteiger charge is 2.23. The number of amides is 1. The molecule has 1 aromatic carbocycles. The highest BCUT2D eigenvalue weighted by atomic mass is 16.5. The van der Waals surface area contributed by atoms with Gasteiger partial charge < -0.3 is 15.4 Å². The standard InChI is InChI=1S/C15H23N3O2/c1-11-9-18(12(2)8-16-11)10-15(19)17-13-5-4-6-14(7-13)20-3/h4-7,11-12,16H,8-10H2,1-3H3,(H,17,19). The molecule has 0 bridgehead atoms. The Labute approximate surface area is 120 Å². The van der Waals surface area contributed by atoms with Gasteiger partial charge in [-0.25, -0.2) is 0 Å². The Morgan fingerprint density at radius 3 is 3.05 bits per heavy atom. The predicted octanol–water partition coefficient (Wildman–Crippen LogP) is 1.32. The average Bonchev–Trinajstić information content (AvgIpc) is 2.43. The van der Waals surface area contributed by atoms with Crippen LogP contribution in [-0.2, 0) is 4.79 Å². The summed E-state index contributed by atoms with van der Waals surface area (Å²) >= 11 is 0. The van der Waals surface area contributed by atoms with Gasteiger partial charge in [-0.3, -0.25) is 9.69 Å². The number of rotatable bonds is 4. The number of anilines is 1. The Hall–Kier alpha value is -1.59. The summed E-state index contributed by atoms with van der Waals surface area (Å²) in [5.74, 6) is 0.756. The third-order valence-corrected chi connectivity index (χ3v) is 3.59. The second kappa shape index (κ2) is 6.72. The van der Waals surface area contributed by atoms with Crippen molar-refractivity contribution in [3.05, 3.63) is 24.3 Å². The molecule has 1 heterocycles. The summed E-state index contributed by atoms with van der Waals surface area (Å²) in [6, 6.07) is 8.21. The summed E-state index contributed by atoms with van der Waals surface area (Å²) in [5.41, 5.74) is 0.769. The Morgan fingerprint density at radius 1 is 1.50 bits per heavy atom. The van der Waals surface area contributed by atoms with Gasteiger partial charge in [-0.2, -0.15) is 0 Å². The molecule has 0 aromatic heterocycles. The van der Waals surface area contributed by atoms with E-state index in [1.807, 2.05) is 24.3 Å². The van der Waals surface area contributed by atoms with Crippen LogP contribution < -0.4 is 15.4 Å². The lowest BCUT2D eigenvalue weighted by Gasteiger charge is -2.36. The molecule has 0 radical (unpaired) electrons. The minimum absolute atomic E-state index is 0.0132. The van der Waals surface area contributed by atoms with Crippen LogP contribution in [0.25, 0.3) is 0 Å². The minimum Gasteiger partial charge on any atom is -0.497 e. The Kier molecular flexibility index (Phi) is 4.98. The van der Waals surface area contributed by atoms with Crippen molar-refractivity contribution in [2.24, 2.45) is 0 Å². The largest absolute Gasteiger partial charge is 0.497 e. The van der Waals surface area contributed by atoms with Crippen molar-refractivity contribution in [3.8, 4) is 5.75 Å². The van der Waals surface area contributed by atoms with Gasteiger partial charge in [0.15, 0.2) is 0 Å². The molecule has 2 rings (SSSR count). The number of benzene rings is 1. The summed E-state index contributed by atoms with van der Waals surface area (Å²) in [4.78, 5) is 14.3. The first kappa shape index (κ1) is 14.8. The van der Waals surface area contributed by atoms with E-state index in [-0.39, 0.29) is 5.91 Å². The number of carbonyl (C=O) groups excluding carboxylic acids is 1. The summed E-state index contributed by atoms with van der Waals surface area (Å²) in [6.45, 7) is 6.52. The SMILES string of the molecule is COc1cccc(NC(=O)CN2CC(C)NCC2C)c1. The lowest BCUT2D eigenvalue weighted by molar-refractivity contribution is -0.118. The van der Waals surface area contributed by atoms with E-state index in [4.69, 9.17) is 4.74 Å². The molecule has 2 unspecified atom stereocenters. The van der Waals surface area contributed by atoms with E-state index in [2.05, 4.69) is 29.4 Å². The van der Waals surface area contributed by atoms with Crippen LogP contribution in [0.3, 0.4) is 0 Å². The van der Waals surface area contributed by atoms with Gasteiger partial charge in [0.25, 0.3) is 0 Å². The molecule has 1 saturated heterocycles. The van der Waals surface area contributed by atoms with Crippen LogP contribution >= 0.6 is 0 Å². The molecule has 1 fully saturated rings. The smallest absolute Gasteiger partial charge is 0.238 e. The van der Waals surface area contributed by atoms with Crippen LogP contribution in [0.15, 0.2) is 24.3 Å². The van der Waals surface area contributed by atoms with E-state index >= 15 is 0 Å².